The normalized spacial score (nSPS) is 24.6. The van der Waals surface area contributed by atoms with Crippen LogP contribution < -0.4 is 0 Å². The van der Waals surface area contributed by atoms with Crippen LogP contribution in [0.1, 0.15) is 37.4 Å². The summed E-state index contributed by atoms with van der Waals surface area (Å²) in [6, 6.07) is 0.510. The highest BCUT2D eigenvalue weighted by atomic mass is 127. The highest BCUT2D eigenvalue weighted by molar-refractivity contribution is 14.1. The molecule has 1 saturated heterocycles. The van der Waals surface area contributed by atoms with Gasteiger partial charge in [0.2, 0.25) is 0 Å². The Balaban J connectivity index is 1.68. The zero-order chi connectivity index (χ0) is 11.9. The molecule has 1 saturated carbocycles. The summed E-state index contributed by atoms with van der Waals surface area (Å²) in [5.74, 6) is -0.258. The van der Waals surface area contributed by atoms with Crippen LogP contribution in [0.15, 0.2) is 6.20 Å². The molecule has 1 spiro atoms. The average Bonchev–Trinajstić information content (AvgIpc) is 2.90. The molecule has 2 aliphatic rings. The lowest BCUT2D eigenvalue weighted by Gasteiger charge is -2.35. The maximum absolute atomic E-state index is 5.74. The quantitative estimate of drug-likeness (QED) is 0.732. The molecule has 0 bridgehead atoms. The number of aromatic nitrogens is 2. The van der Waals surface area contributed by atoms with E-state index >= 15 is 0 Å². The van der Waals surface area contributed by atoms with E-state index in [2.05, 4.69) is 45.5 Å². The molecule has 1 aliphatic carbocycles. The first-order valence-corrected chi connectivity index (χ1v) is 7.26. The number of nitrogens with zero attached hydrogens (tertiary/aromatic N) is 2. The van der Waals surface area contributed by atoms with Crippen molar-refractivity contribution in [1.29, 1.82) is 0 Å². The second-order valence-corrected chi connectivity index (χ2v) is 6.04. The van der Waals surface area contributed by atoms with Crippen LogP contribution >= 0.6 is 22.6 Å². The van der Waals surface area contributed by atoms with Crippen molar-refractivity contribution in [3.63, 3.8) is 0 Å². The zero-order valence-corrected chi connectivity index (χ0v) is 12.1. The lowest BCUT2D eigenvalue weighted by molar-refractivity contribution is -0.181. The molecule has 2 fully saturated rings. The van der Waals surface area contributed by atoms with E-state index in [1.807, 2.05) is 0 Å². The van der Waals surface area contributed by atoms with Crippen LogP contribution in [0.2, 0.25) is 0 Å². The van der Waals surface area contributed by atoms with Crippen molar-refractivity contribution < 1.29 is 9.47 Å². The highest BCUT2D eigenvalue weighted by Crippen LogP contribution is 2.40. The Labute approximate surface area is 115 Å². The maximum Gasteiger partial charge on any atom is 0.168 e. The van der Waals surface area contributed by atoms with Gasteiger partial charge in [-0.1, -0.05) is 0 Å². The summed E-state index contributed by atoms with van der Waals surface area (Å²) in [5, 5.41) is 4.58. The highest BCUT2D eigenvalue weighted by Gasteiger charge is 2.40. The Hall–Kier alpha value is -0.140. The molecule has 1 aromatic heterocycles. The van der Waals surface area contributed by atoms with Gasteiger partial charge in [-0.2, -0.15) is 5.10 Å². The summed E-state index contributed by atoms with van der Waals surface area (Å²) < 4.78 is 14.9. The summed E-state index contributed by atoms with van der Waals surface area (Å²) >= 11 is 2.34. The minimum atomic E-state index is -0.258. The van der Waals surface area contributed by atoms with Crippen LogP contribution in [0.25, 0.3) is 0 Å². The van der Waals surface area contributed by atoms with Gasteiger partial charge in [0.1, 0.15) is 0 Å². The molecule has 0 radical (unpaired) electrons. The van der Waals surface area contributed by atoms with Crippen molar-refractivity contribution in [3.05, 3.63) is 15.5 Å². The number of rotatable bonds is 1. The summed E-state index contributed by atoms with van der Waals surface area (Å²) in [4.78, 5) is 0. The zero-order valence-electron chi connectivity index (χ0n) is 9.99. The van der Waals surface area contributed by atoms with Crippen molar-refractivity contribution in [1.82, 2.24) is 9.78 Å². The first-order chi connectivity index (χ1) is 8.19. The minimum Gasteiger partial charge on any atom is -0.348 e. The van der Waals surface area contributed by atoms with Gasteiger partial charge in [0, 0.05) is 19.0 Å². The van der Waals surface area contributed by atoms with Crippen LogP contribution in [0, 0.1) is 10.5 Å². The predicted molar refractivity (Wildman–Crippen MR) is 71.8 cm³/mol. The van der Waals surface area contributed by atoms with Gasteiger partial charge < -0.3 is 9.47 Å². The summed E-state index contributed by atoms with van der Waals surface area (Å²) in [7, 11) is 0. The fourth-order valence-corrected chi connectivity index (χ4v) is 3.13. The van der Waals surface area contributed by atoms with Crippen LogP contribution in [0.3, 0.4) is 0 Å². The lowest BCUT2D eigenvalue weighted by Crippen LogP contribution is -2.35. The molecule has 3 rings (SSSR count). The largest absolute Gasteiger partial charge is 0.348 e. The number of hydrogen-bond donors (Lipinski definition) is 0. The molecule has 2 heterocycles. The standard InChI is InChI=1S/C12H17IN2O2/c1-9-11(13)8-15(14-9)10-2-4-12(5-3-10)16-6-7-17-12/h8,10H,2-7H2,1H3. The van der Waals surface area contributed by atoms with Gasteiger partial charge in [0.25, 0.3) is 0 Å². The number of aryl methyl sites for hydroxylation is 1. The molecule has 1 aliphatic heterocycles. The molecule has 0 N–H and O–H groups in total. The van der Waals surface area contributed by atoms with Crippen molar-refractivity contribution in [2.45, 2.75) is 44.4 Å². The average molecular weight is 348 g/mol. The number of halogens is 1. The first kappa shape index (κ1) is 11.9. The van der Waals surface area contributed by atoms with Crippen molar-refractivity contribution >= 4 is 22.6 Å². The summed E-state index contributed by atoms with van der Waals surface area (Å²) in [5.41, 5.74) is 1.12. The Bertz CT molecular complexity index is 383. The third-order valence-corrected chi connectivity index (χ3v) is 4.82. The van der Waals surface area contributed by atoms with Gasteiger partial charge in [-0.3, -0.25) is 4.68 Å². The van der Waals surface area contributed by atoms with E-state index in [0.29, 0.717) is 6.04 Å². The molecular formula is C12H17IN2O2. The van der Waals surface area contributed by atoms with E-state index in [0.717, 1.165) is 44.6 Å². The maximum atomic E-state index is 5.74. The fourth-order valence-electron chi connectivity index (χ4n) is 2.74. The van der Waals surface area contributed by atoms with E-state index in [1.54, 1.807) is 0 Å². The molecule has 0 aromatic carbocycles. The molecular weight excluding hydrogens is 331 g/mol. The molecule has 94 valence electrons. The van der Waals surface area contributed by atoms with Crippen LogP contribution in [0.5, 0.6) is 0 Å². The Kier molecular flexibility index (Phi) is 3.16. The molecule has 5 heteroatoms. The van der Waals surface area contributed by atoms with E-state index in [-0.39, 0.29) is 5.79 Å². The van der Waals surface area contributed by atoms with E-state index < -0.39 is 0 Å². The lowest BCUT2D eigenvalue weighted by atomic mass is 9.90. The second-order valence-electron chi connectivity index (χ2n) is 4.88. The molecule has 1 aromatic rings. The van der Waals surface area contributed by atoms with Crippen molar-refractivity contribution in [2.75, 3.05) is 13.2 Å². The molecule has 4 nitrogen and oxygen atoms in total. The number of hydrogen-bond acceptors (Lipinski definition) is 3. The Morgan fingerprint density at radius 1 is 1.35 bits per heavy atom. The summed E-state index contributed by atoms with van der Waals surface area (Å²) in [6.07, 6.45) is 6.32. The monoisotopic (exact) mass is 348 g/mol. The van der Waals surface area contributed by atoms with Crippen molar-refractivity contribution in [3.8, 4) is 0 Å². The smallest absolute Gasteiger partial charge is 0.168 e. The second kappa shape index (κ2) is 4.51. The third kappa shape index (κ3) is 2.24. The fraction of sp³-hybridized carbons (Fsp3) is 0.750. The van der Waals surface area contributed by atoms with Crippen LogP contribution in [-0.2, 0) is 9.47 Å². The van der Waals surface area contributed by atoms with E-state index in [1.165, 1.54) is 3.57 Å². The van der Waals surface area contributed by atoms with Gasteiger partial charge >= 0.3 is 0 Å². The molecule has 0 unspecified atom stereocenters. The van der Waals surface area contributed by atoms with Crippen molar-refractivity contribution in [2.24, 2.45) is 0 Å². The van der Waals surface area contributed by atoms with Gasteiger partial charge in [-0.05, 0) is 42.4 Å². The van der Waals surface area contributed by atoms with Gasteiger partial charge in [0.05, 0.1) is 28.5 Å². The van der Waals surface area contributed by atoms with Gasteiger partial charge in [-0.15, -0.1) is 0 Å². The molecule has 0 amide bonds. The predicted octanol–water partition coefficient (Wildman–Crippen LogP) is 2.65. The minimum absolute atomic E-state index is 0.258. The number of ether oxygens (including phenoxy) is 2. The molecule has 0 atom stereocenters. The van der Waals surface area contributed by atoms with E-state index in [4.69, 9.17) is 9.47 Å². The Morgan fingerprint density at radius 2 is 2.00 bits per heavy atom. The van der Waals surface area contributed by atoms with Crippen LogP contribution in [-0.4, -0.2) is 28.8 Å². The third-order valence-electron chi connectivity index (χ3n) is 3.76. The topological polar surface area (TPSA) is 36.3 Å². The van der Waals surface area contributed by atoms with Gasteiger partial charge in [-0.25, -0.2) is 0 Å². The summed E-state index contributed by atoms with van der Waals surface area (Å²) in [6.45, 7) is 3.57. The Morgan fingerprint density at radius 3 is 2.53 bits per heavy atom. The molecule has 17 heavy (non-hydrogen) atoms. The van der Waals surface area contributed by atoms with Crippen LogP contribution in [0.4, 0.5) is 0 Å². The SMILES string of the molecule is Cc1nn(C2CCC3(CC2)OCCO3)cc1I. The van der Waals surface area contributed by atoms with E-state index in [9.17, 15) is 0 Å². The van der Waals surface area contributed by atoms with Gasteiger partial charge in [0.15, 0.2) is 5.79 Å². The first-order valence-electron chi connectivity index (χ1n) is 6.18.